The van der Waals surface area contributed by atoms with Gasteiger partial charge in [-0.2, -0.15) is 5.10 Å². The number of imidazole rings is 1. The topological polar surface area (TPSA) is 100 Å². The second-order valence-electron chi connectivity index (χ2n) is 10.4. The molecule has 5 aromatic heterocycles. The summed E-state index contributed by atoms with van der Waals surface area (Å²) in [6, 6.07) is 12.5. The molecule has 5 heterocycles. The Labute approximate surface area is 214 Å². The molecule has 0 aliphatic heterocycles. The van der Waals surface area contributed by atoms with Crippen LogP contribution in [0.15, 0.2) is 79.8 Å². The molecule has 0 amide bonds. The normalized spacial score (nSPS) is 11.9. The fourth-order valence-electron chi connectivity index (χ4n) is 4.34. The van der Waals surface area contributed by atoms with E-state index in [0.29, 0.717) is 5.65 Å². The standard InChI is InChI=1S/C29H28N8/c1-17-15-37(16-32-17)26-8-6-7-24-22(26)11-25(34-24)27-23-10-20(13-31-28(23)36-35-27)19-9-21(14-30-12-19)33-18(2)29(3,4)5/h6-16,33-34H,2H2,1,3-5H3,(H,31,35,36). The van der Waals surface area contributed by atoms with E-state index in [-0.39, 0.29) is 5.41 Å². The predicted molar refractivity (Wildman–Crippen MR) is 148 cm³/mol. The molecule has 0 unspecified atom stereocenters. The molecular formula is C29H28N8. The van der Waals surface area contributed by atoms with Gasteiger partial charge < -0.3 is 14.9 Å². The average Bonchev–Trinajstić information content (AvgIpc) is 3.60. The van der Waals surface area contributed by atoms with Crippen molar-refractivity contribution >= 4 is 27.6 Å². The van der Waals surface area contributed by atoms with Crippen molar-refractivity contribution < 1.29 is 0 Å². The summed E-state index contributed by atoms with van der Waals surface area (Å²) < 4.78 is 2.04. The van der Waals surface area contributed by atoms with Gasteiger partial charge in [-0.1, -0.05) is 33.4 Å². The van der Waals surface area contributed by atoms with Crippen LogP contribution in [-0.2, 0) is 0 Å². The Kier molecular flexibility index (Phi) is 5.19. The monoisotopic (exact) mass is 488 g/mol. The highest BCUT2D eigenvalue weighted by Gasteiger charge is 2.17. The van der Waals surface area contributed by atoms with E-state index in [2.05, 4.69) is 93.1 Å². The molecule has 0 saturated carbocycles. The molecule has 8 heteroatoms. The number of aromatic amines is 2. The van der Waals surface area contributed by atoms with Gasteiger partial charge in [-0.25, -0.2) is 9.97 Å². The van der Waals surface area contributed by atoms with E-state index in [1.54, 1.807) is 6.20 Å². The lowest BCUT2D eigenvalue weighted by Crippen LogP contribution is -2.15. The van der Waals surface area contributed by atoms with E-state index < -0.39 is 0 Å². The molecule has 1 aromatic carbocycles. The molecule has 6 aromatic rings. The number of hydrogen-bond acceptors (Lipinski definition) is 5. The van der Waals surface area contributed by atoms with Gasteiger partial charge >= 0.3 is 0 Å². The number of rotatable bonds is 5. The Hall–Kier alpha value is -4.72. The maximum absolute atomic E-state index is 4.62. The van der Waals surface area contributed by atoms with E-state index in [1.807, 2.05) is 42.5 Å². The minimum atomic E-state index is -0.0572. The van der Waals surface area contributed by atoms with Crippen molar-refractivity contribution in [2.75, 3.05) is 5.32 Å². The molecule has 8 nitrogen and oxygen atoms in total. The van der Waals surface area contributed by atoms with Crippen LogP contribution in [0.5, 0.6) is 0 Å². The van der Waals surface area contributed by atoms with Crippen LogP contribution in [0, 0.1) is 12.3 Å². The van der Waals surface area contributed by atoms with Gasteiger partial charge in [0.25, 0.3) is 0 Å². The largest absolute Gasteiger partial charge is 0.358 e. The first-order chi connectivity index (χ1) is 17.8. The third-order valence-electron chi connectivity index (χ3n) is 6.58. The van der Waals surface area contributed by atoms with Gasteiger partial charge in [0.05, 0.1) is 41.0 Å². The van der Waals surface area contributed by atoms with Gasteiger partial charge in [0.15, 0.2) is 5.65 Å². The Morgan fingerprint density at radius 3 is 2.62 bits per heavy atom. The van der Waals surface area contributed by atoms with Crippen LogP contribution in [0.3, 0.4) is 0 Å². The Morgan fingerprint density at radius 2 is 1.84 bits per heavy atom. The highest BCUT2D eigenvalue weighted by atomic mass is 15.2. The molecule has 37 heavy (non-hydrogen) atoms. The Balaban J connectivity index is 1.40. The number of anilines is 1. The summed E-state index contributed by atoms with van der Waals surface area (Å²) in [5, 5.41) is 13.1. The van der Waals surface area contributed by atoms with E-state index in [1.165, 1.54) is 0 Å². The summed E-state index contributed by atoms with van der Waals surface area (Å²) in [5.74, 6) is 0. The van der Waals surface area contributed by atoms with E-state index >= 15 is 0 Å². The third-order valence-corrected chi connectivity index (χ3v) is 6.58. The van der Waals surface area contributed by atoms with Gasteiger partial charge in [0, 0.05) is 57.1 Å². The molecule has 0 aliphatic carbocycles. The molecule has 0 aliphatic rings. The Morgan fingerprint density at radius 1 is 1.00 bits per heavy atom. The van der Waals surface area contributed by atoms with Crippen molar-refractivity contribution in [3.8, 4) is 28.2 Å². The SMILES string of the molecule is C=C(Nc1cncc(-c2cnc3n[nH]c(-c4cc5c(-n6cnc(C)c6)cccc5[nH]4)c3c2)c1)C(C)(C)C. The molecule has 0 fully saturated rings. The van der Waals surface area contributed by atoms with E-state index in [9.17, 15) is 0 Å². The van der Waals surface area contributed by atoms with Crippen molar-refractivity contribution in [3.05, 3.63) is 85.5 Å². The fraction of sp³-hybridized carbons (Fsp3) is 0.172. The summed E-state index contributed by atoms with van der Waals surface area (Å²) in [7, 11) is 0. The summed E-state index contributed by atoms with van der Waals surface area (Å²) in [4.78, 5) is 17.0. The summed E-state index contributed by atoms with van der Waals surface area (Å²) in [5.41, 5.74) is 9.24. The molecule has 0 saturated heterocycles. The third kappa shape index (κ3) is 4.16. The molecule has 184 valence electrons. The number of hydrogen-bond donors (Lipinski definition) is 3. The summed E-state index contributed by atoms with van der Waals surface area (Å²) in [6.07, 6.45) is 9.34. The molecule has 0 bridgehead atoms. The quantitative estimate of drug-likeness (QED) is 0.253. The van der Waals surface area contributed by atoms with Gasteiger partial charge in [0.1, 0.15) is 0 Å². The number of nitrogens with one attached hydrogen (secondary N) is 3. The second-order valence-corrected chi connectivity index (χ2v) is 10.4. The number of benzene rings is 1. The minimum absolute atomic E-state index is 0.0572. The van der Waals surface area contributed by atoms with E-state index in [0.717, 1.165) is 61.6 Å². The predicted octanol–water partition coefficient (Wildman–Crippen LogP) is 6.63. The zero-order valence-electron chi connectivity index (χ0n) is 21.3. The Bertz CT molecular complexity index is 1780. The van der Waals surface area contributed by atoms with Crippen LogP contribution < -0.4 is 5.32 Å². The molecule has 3 N–H and O–H groups in total. The molecule has 0 radical (unpaired) electrons. The zero-order chi connectivity index (χ0) is 25.7. The number of aromatic nitrogens is 7. The lowest BCUT2D eigenvalue weighted by molar-refractivity contribution is 0.509. The van der Waals surface area contributed by atoms with Gasteiger partial charge in [0.2, 0.25) is 0 Å². The lowest BCUT2D eigenvalue weighted by Gasteiger charge is -2.23. The maximum Gasteiger partial charge on any atom is 0.181 e. The van der Waals surface area contributed by atoms with Crippen LogP contribution in [0.25, 0.3) is 50.1 Å². The number of pyridine rings is 2. The number of fused-ring (bicyclic) bond motifs is 2. The van der Waals surface area contributed by atoms with Gasteiger partial charge in [-0.3, -0.25) is 10.1 Å². The first-order valence-electron chi connectivity index (χ1n) is 12.2. The van der Waals surface area contributed by atoms with Crippen molar-refractivity contribution in [3.63, 3.8) is 0 Å². The van der Waals surface area contributed by atoms with Crippen molar-refractivity contribution in [1.82, 2.24) is 34.7 Å². The van der Waals surface area contributed by atoms with Crippen molar-refractivity contribution in [2.24, 2.45) is 5.41 Å². The maximum atomic E-state index is 4.62. The zero-order valence-corrected chi connectivity index (χ0v) is 21.3. The minimum Gasteiger partial charge on any atom is -0.358 e. The first-order valence-corrected chi connectivity index (χ1v) is 12.2. The number of nitrogens with zero attached hydrogens (tertiary/aromatic N) is 5. The number of allylic oxidation sites excluding steroid dienone is 1. The highest BCUT2D eigenvalue weighted by Crippen LogP contribution is 2.33. The second kappa shape index (κ2) is 8.44. The van der Waals surface area contributed by atoms with Crippen LogP contribution in [0.2, 0.25) is 0 Å². The summed E-state index contributed by atoms with van der Waals surface area (Å²) in [6.45, 7) is 12.5. The molecule has 0 spiro atoms. The lowest BCUT2D eigenvalue weighted by atomic mass is 9.93. The van der Waals surface area contributed by atoms with Crippen LogP contribution >= 0.6 is 0 Å². The van der Waals surface area contributed by atoms with Gasteiger partial charge in [-0.05, 0) is 37.3 Å². The van der Waals surface area contributed by atoms with Crippen LogP contribution in [0.1, 0.15) is 26.5 Å². The molecule has 0 atom stereocenters. The first kappa shape index (κ1) is 22.7. The van der Waals surface area contributed by atoms with Crippen LogP contribution in [0.4, 0.5) is 5.69 Å². The number of H-pyrrole nitrogens is 2. The van der Waals surface area contributed by atoms with Gasteiger partial charge in [-0.15, -0.1) is 0 Å². The fourth-order valence-corrected chi connectivity index (χ4v) is 4.34. The van der Waals surface area contributed by atoms with Crippen LogP contribution in [-0.4, -0.2) is 34.7 Å². The van der Waals surface area contributed by atoms with E-state index in [4.69, 9.17) is 0 Å². The highest BCUT2D eigenvalue weighted by molar-refractivity contribution is 5.98. The molecular weight excluding hydrogens is 460 g/mol. The number of aryl methyl sites for hydroxylation is 1. The smallest absolute Gasteiger partial charge is 0.181 e. The van der Waals surface area contributed by atoms with Crippen molar-refractivity contribution in [2.45, 2.75) is 27.7 Å². The summed E-state index contributed by atoms with van der Waals surface area (Å²) >= 11 is 0. The molecule has 6 rings (SSSR count). The average molecular weight is 489 g/mol. The van der Waals surface area contributed by atoms with Crippen molar-refractivity contribution in [1.29, 1.82) is 0 Å².